The van der Waals surface area contributed by atoms with Gasteiger partial charge in [-0.25, -0.2) is 4.68 Å². The van der Waals surface area contributed by atoms with Crippen molar-refractivity contribution in [1.29, 1.82) is 0 Å². The van der Waals surface area contributed by atoms with Crippen LogP contribution in [0.5, 0.6) is 0 Å². The Hall–Kier alpha value is -2.84. The fourth-order valence-electron chi connectivity index (χ4n) is 4.04. The van der Waals surface area contributed by atoms with Crippen molar-refractivity contribution >= 4 is 11.8 Å². The molecule has 0 bridgehead atoms. The maximum Gasteiger partial charge on any atom is 0.435 e. The van der Waals surface area contributed by atoms with Crippen LogP contribution in [-0.4, -0.2) is 46.1 Å². The van der Waals surface area contributed by atoms with Gasteiger partial charge in [-0.1, -0.05) is 38.0 Å². The highest BCUT2D eigenvalue weighted by Crippen LogP contribution is 2.31. The van der Waals surface area contributed by atoms with Gasteiger partial charge in [0.05, 0.1) is 11.3 Å². The molecule has 1 aromatic carbocycles. The summed E-state index contributed by atoms with van der Waals surface area (Å²) < 4.78 is 41.3. The molecule has 3 rings (SSSR count). The number of nitrogens with one attached hydrogen (secondary N) is 1. The van der Waals surface area contributed by atoms with E-state index in [9.17, 15) is 22.8 Å². The predicted octanol–water partition coefficient (Wildman–Crippen LogP) is 4.44. The smallest absolute Gasteiger partial charge is 0.352 e. The first kappa shape index (κ1) is 23.8. The second-order valence-electron chi connectivity index (χ2n) is 8.14. The molecule has 0 aliphatic carbocycles. The van der Waals surface area contributed by atoms with E-state index in [0.717, 1.165) is 43.2 Å². The van der Waals surface area contributed by atoms with Crippen LogP contribution in [0.2, 0.25) is 0 Å². The highest BCUT2D eigenvalue weighted by molar-refractivity contribution is 5.95. The van der Waals surface area contributed by atoms with Gasteiger partial charge in [0.1, 0.15) is 0 Å². The lowest BCUT2D eigenvalue weighted by Gasteiger charge is -2.32. The van der Waals surface area contributed by atoms with Crippen molar-refractivity contribution in [3.05, 3.63) is 47.8 Å². The number of benzene rings is 1. The lowest BCUT2D eigenvalue weighted by Crippen LogP contribution is -2.38. The number of likely N-dealkylation sites (tertiary alicyclic amines) is 1. The average molecular weight is 451 g/mol. The van der Waals surface area contributed by atoms with Crippen LogP contribution >= 0.6 is 0 Å². The van der Waals surface area contributed by atoms with Crippen molar-refractivity contribution in [2.75, 3.05) is 19.6 Å². The zero-order valence-corrected chi connectivity index (χ0v) is 18.2. The normalized spacial score (nSPS) is 15.1. The Labute approximate surface area is 185 Å². The zero-order valence-electron chi connectivity index (χ0n) is 18.2. The Bertz CT molecular complexity index is 904. The van der Waals surface area contributed by atoms with Crippen molar-refractivity contribution in [2.45, 2.75) is 51.6 Å². The average Bonchev–Trinajstić information content (AvgIpc) is 3.24. The highest BCUT2D eigenvalue weighted by atomic mass is 19.4. The van der Waals surface area contributed by atoms with Gasteiger partial charge in [0.15, 0.2) is 5.69 Å². The van der Waals surface area contributed by atoms with Crippen LogP contribution in [0.1, 0.15) is 61.5 Å². The molecule has 1 aliphatic heterocycles. The Morgan fingerprint density at radius 2 is 1.84 bits per heavy atom. The van der Waals surface area contributed by atoms with Gasteiger partial charge in [-0.05, 0) is 37.3 Å². The second-order valence-corrected chi connectivity index (χ2v) is 8.14. The van der Waals surface area contributed by atoms with Crippen LogP contribution in [0.25, 0.3) is 5.69 Å². The summed E-state index contributed by atoms with van der Waals surface area (Å²) in [4.78, 5) is 26.7. The number of rotatable bonds is 8. The van der Waals surface area contributed by atoms with Crippen molar-refractivity contribution < 1.29 is 22.8 Å². The summed E-state index contributed by atoms with van der Waals surface area (Å²) in [5, 5.41) is 6.08. The lowest BCUT2D eigenvalue weighted by atomic mass is 9.92. The second kappa shape index (κ2) is 10.7. The number of halogens is 3. The van der Waals surface area contributed by atoms with E-state index in [2.05, 4.69) is 17.3 Å². The molecule has 1 saturated heterocycles. The molecule has 2 amide bonds. The summed E-state index contributed by atoms with van der Waals surface area (Å²) in [5.74, 6) is -0.141. The first-order valence-corrected chi connectivity index (χ1v) is 11.1. The summed E-state index contributed by atoms with van der Waals surface area (Å²) >= 11 is 0. The number of alkyl halides is 3. The summed E-state index contributed by atoms with van der Waals surface area (Å²) in [6, 6.07) is 8.29. The van der Waals surface area contributed by atoms with E-state index in [0.29, 0.717) is 18.0 Å². The third kappa shape index (κ3) is 6.11. The molecule has 1 aromatic heterocycles. The Morgan fingerprint density at radius 3 is 2.47 bits per heavy atom. The standard InChI is InChI=1S/C23H29F3N4O2/c1-2-7-17-11-14-29(15-12-17)20(31)10-6-13-27-22(32)19-16-30(18-8-4-3-5-9-18)28-21(19)23(24,25)26/h3-5,8-9,16-17H,2,6-7,10-15H2,1H3,(H,27,32). The molecule has 0 radical (unpaired) electrons. The van der Waals surface area contributed by atoms with E-state index in [1.165, 1.54) is 6.42 Å². The summed E-state index contributed by atoms with van der Waals surface area (Å²) in [6.45, 7) is 3.79. The minimum absolute atomic E-state index is 0.0297. The van der Waals surface area contributed by atoms with Gasteiger partial charge in [-0.15, -0.1) is 0 Å². The van der Waals surface area contributed by atoms with Crippen LogP contribution < -0.4 is 5.32 Å². The minimum Gasteiger partial charge on any atom is -0.352 e. The molecular weight excluding hydrogens is 421 g/mol. The van der Waals surface area contributed by atoms with Crippen LogP contribution in [0.4, 0.5) is 13.2 Å². The van der Waals surface area contributed by atoms with Gasteiger partial charge in [-0.2, -0.15) is 18.3 Å². The van der Waals surface area contributed by atoms with E-state index in [4.69, 9.17) is 0 Å². The van der Waals surface area contributed by atoms with E-state index >= 15 is 0 Å². The Morgan fingerprint density at radius 1 is 1.16 bits per heavy atom. The summed E-state index contributed by atoms with van der Waals surface area (Å²) in [6.07, 6.45) is 1.32. The summed E-state index contributed by atoms with van der Waals surface area (Å²) in [7, 11) is 0. The first-order chi connectivity index (χ1) is 15.3. The van der Waals surface area contributed by atoms with Gasteiger partial charge in [0.2, 0.25) is 5.91 Å². The molecule has 9 heteroatoms. The molecule has 0 unspecified atom stereocenters. The predicted molar refractivity (Wildman–Crippen MR) is 114 cm³/mol. The van der Waals surface area contributed by atoms with Crippen LogP contribution in [-0.2, 0) is 11.0 Å². The van der Waals surface area contributed by atoms with Gasteiger partial charge < -0.3 is 10.2 Å². The maximum absolute atomic E-state index is 13.4. The largest absolute Gasteiger partial charge is 0.435 e. The third-order valence-corrected chi connectivity index (χ3v) is 5.77. The number of piperidine rings is 1. The van der Waals surface area contributed by atoms with Gasteiger partial charge in [0, 0.05) is 32.3 Å². The maximum atomic E-state index is 13.4. The molecule has 1 fully saturated rings. The number of carbonyl (C=O) groups is 2. The number of amides is 2. The molecule has 0 spiro atoms. The molecule has 0 saturated carbocycles. The SMILES string of the molecule is CCCC1CCN(C(=O)CCCNC(=O)c2cn(-c3ccccc3)nc2C(F)(F)F)CC1. The van der Waals surface area contributed by atoms with Crippen LogP contribution in [0, 0.1) is 5.92 Å². The number of carbonyl (C=O) groups excluding carboxylic acids is 2. The highest BCUT2D eigenvalue weighted by Gasteiger charge is 2.39. The molecule has 1 N–H and O–H groups in total. The lowest BCUT2D eigenvalue weighted by molar-refractivity contribution is -0.141. The fraction of sp³-hybridized carbons (Fsp3) is 0.522. The first-order valence-electron chi connectivity index (χ1n) is 11.1. The van der Waals surface area contributed by atoms with E-state index < -0.39 is 23.3 Å². The number of aromatic nitrogens is 2. The van der Waals surface area contributed by atoms with E-state index in [-0.39, 0.29) is 18.9 Å². The molecule has 0 atom stereocenters. The topological polar surface area (TPSA) is 67.2 Å². The number of nitrogens with zero attached hydrogens (tertiary/aromatic N) is 3. The molecule has 2 aromatic rings. The quantitative estimate of drug-likeness (QED) is 0.605. The Kier molecular flexibility index (Phi) is 7.93. The molecule has 174 valence electrons. The molecule has 2 heterocycles. The van der Waals surface area contributed by atoms with Crippen molar-refractivity contribution in [3.8, 4) is 5.69 Å². The van der Waals surface area contributed by atoms with Gasteiger partial charge >= 0.3 is 6.18 Å². The number of hydrogen-bond acceptors (Lipinski definition) is 3. The molecule has 6 nitrogen and oxygen atoms in total. The van der Waals surface area contributed by atoms with Crippen molar-refractivity contribution in [1.82, 2.24) is 20.0 Å². The Balaban J connectivity index is 1.53. The molecular formula is C23H29F3N4O2. The van der Waals surface area contributed by atoms with Gasteiger partial charge in [0.25, 0.3) is 5.91 Å². The zero-order chi connectivity index (χ0) is 23.1. The molecule has 32 heavy (non-hydrogen) atoms. The number of hydrogen-bond donors (Lipinski definition) is 1. The van der Waals surface area contributed by atoms with Gasteiger partial charge in [-0.3, -0.25) is 9.59 Å². The number of para-hydroxylation sites is 1. The molecule has 1 aliphatic rings. The third-order valence-electron chi connectivity index (χ3n) is 5.77. The van der Waals surface area contributed by atoms with E-state index in [1.54, 1.807) is 30.3 Å². The fourth-order valence-corrected chi connectivity index (χ4v) is 4.04. The summed E-state index contributed by atoms with van der Waals surface area (Å²) in [5.41, 5.74) is -1.35. The van der Waals surface area contributed by atoms with Crippen LogP contribution in [0.15, 0.2) is 36.5 Å². The minimum atomic E-state index is -4.76. The van der Waals surface area contributed by atoms with Crippen molar-refractivity contribution in [2.24, 2.45) is 5.92 Å². The van der Waals surface area contributed by atoms with Crippen molar-refractivity contribution in [3.63, 3.8) is 0 Å². The van der Waals surface area contributed by atoms with E-state index in [1.807, 2.05) is 4.90 Å². The monoisotopic (exact) mass is 450 g/mol. The van der Waals surface area contributed by atoms with Crippen LogP contribution in [0.3, 0.4) is 0 Å².